The van der Waals surface area contributed by atoms with Gasteiger partial charge in [0.05, 0.1) is 0 Å². The Labute approximate surface area is 105 Å². The maximum absolute atomic E-state index is 5.89. The van der Waals surface area contributed by atoms with E-state index >= 15 is 0 Å². The third-order valence-electron chi connectivity index (χ3n) is 3.36. The number of benzene rings is 1. The number of nitrogens with zero attached hydrogens (tertiary/aromatic N) is 3. The highest BCUT2D eigenvalue weighted by Crippen LogP contribution is 2.33. The monoisotopic (exact) mass is 241 g/mol. The van der Waals surface area contributed by atoms with Crippen molar-refractivity contribution < 1.29 is 0 Å². The van der Waals surface area contributed by atoms with E-state index in [4.69, 9.17) is 11.5 Å². The fraction of sp³-hybridized carbons (Fsp3) is 0.231. The van der Waals surface area contributed by atoms with Crippen molar-refractivity contribution in [2.24, 2.45) is 0 Å². The van der Waals surface area contributed by atoms with Gasteiger partial charge < -0.3 is 16.4 Å². The van der Waals surface area contributed by atoms with Crippen LogP contribution < -0.4 is 16.4 Å². The summed E-state index contributed by atoms with van der Waals surface area (Å²) in [5.74, 6) is 0.623. The van der Waals surface area contributed by atoms with E-state index < -0.39 is 0 Å². The lowest BCUT2D eigenvalue weighted by molar-refractivity contribution is 0.956. The molecule has 5 nitrogen and oxygen atoms in total. The van der Waals surface area contributed by atoms with Gasteiger partial charge in [-0.2, -0.15) is 4.98 Å². The van der Waals surface area contributed by atoms with Gasteiger partial charge >= 0.3 is 0 Å². The second kappa shape index (κ2) is 3.87. The first-order valence-corrected chi connectivity index (χ1v) is 5.87. The van der Waals surface area contributed by atoms with Gasteiger partial charge in [-0.25, -0.2) is 4.98 Å². The van der Waals surface area contributed by atoms with Crippen molar-refractivity contribution in [2.75, 3.05) is 30.0 Å². The van der Waals surface area contributed by atoms with Crippen LogP contribution in [0.2, 0.25) is 0 Å². The Morgan fingerprint density at radius 2 is 2.11 bits per heavy atom. The molecule has 0 aliphatic carbocycles. The summed E-state index contributed by atoms with van der Waals surface area (Å²) in [4.78, 5) is 10.2. The van der Waals surface area contributed by atoms with Gasteiger partial charge in [-0.3, -0.25) is 0 Å². The molecule has 92 valence electrons. The molecule has 0 spiro atoms. The van der Waals surface area contributed by atoms with E-state index in [-0.39, 0.29) is 5.95 Å². The number of nitrogens with two attached hydrogens (primary N) is 2. The quantitative estimate of drug-likeness (QED) is 0.786. The Morgan fingerprint density at radius 3 is 2.89 bits per heavy atom. The van der Waals surface area contributed by atoms with E-state index in [0.29, 0.717) is 5.82 Å². The van der Waals surface area contributed by atoms with Crippen LogP contribution in [-0.4, -0.2) is 23.6 Å². The molecule has 0 saturated heterocycles. The maximum Gasteiger partial charge on any atom is 0.221 e. The fourth-order valence-corrected chi connectivity index (χ4v) is 2.34. The minimum absolute atomic E-state index is 0.203. The van der Waals surface area contributed by atoms with Gasteiger partial charge in [0.2, 0.25) is 5.95 Å². The van der Waals surface area contributed by atoms with E-state index in [0.717, 1.165) is 24.1 Å². The maximum atomic E-state index is 5.89. The lowest BCUT2D eigenvalue weighted by Gasteiger charge is -2.13. The van der Waals surface area contributed by atoms with Crippen LogP contribution in [0.5, 0.6) is 0 Å². The summed E-state index contributed by atoms with van der Waals surface area (Å²) in [5.41, 5.74) is 15.9. The molecule has 5 heteroatoms. The number of rotatable bonds is 1. The highest BCUT2D eigenvalue weighted by Gasteiger charge is 2.17. The standard InChI is InChI=1S/C13H15N5/c1-18-5-4-8-2-3-9(6-11(8)18)10-7-16-13(15)17-12(10)14/h2-3,6-7H,4-5H2,1H3,(H4,14,15,16,17). The van der Waals surface area contributed by atoms with Gasteiger partial charge in [0, 0.05) is 31.0 Å². The van der Waals surface area contributed by atoms with Gasteiger partial charge in [-0.15, -0.1) is 0 Å². The molecule has 0 unspecified atom stereocenters. The van der Waals surface area contributed by atoms with E-state index in [2.05, 4.69) is 40.1 Å². The lowest BCUT2D eigenvalue weighted by Crippen LogP contribution is -2.12. The van der Waals surface area contributed by atoms with Crippen LogP contribution in [0.1, 0.15) is 5.56 Å². The zero-order valence-electron chi connectivity index (χ0n) is 10.2. The van der Waals surface area contributed by atoms with E-state index in [1.807, 2.05) is 0 Å². The smallest absolute Gasteiger partial charge is 0.221 e. The highest BCUT2D eigenvalue weighted by molar-refractivity contribution is 5.77. The molecule has 1 aromatic carbocycles. The summed E-state index contributed by atoms with van der Waals surface area (Å²) in [6, 6.07) is 6.33. The summed E-state index contributed by atoms with van der Waals surface area (Å²) in [6.45, 7) is 1.06. The Kier molecular flexibility index (Phi) is 2.33. The average Bonchev–Trinajstić information content (AvgIpc) is 2.71. The van der Waals surface area contributed by atoms with Crippen molar-refractivity contribution in [3.8, 4) is 11.1 Å². The summed E-state index contributed by atoms with van der Waals surface area (Å²) >= 11 is 0. The molecule has 18 heavy (non-hydrogen) atoms. The summed E-state index contributed by atoms with van der Waals surface area (Å²) < 4.78 is 0. The first kappa shape index (κ1) is 10.8. The van der Waals surface area contributed by atoms with Crippen LogP contribution in [0, 0.1) is 0 Å². The van der Waals surface area contributed by atoms with Crippen LogP contribution in [0.15, 0.2) is 24.4 Å². The number of fused-ring (bicyclic) bond motifs is 1. The first-order valence-electron chi connectivity index (χ1n) is 5.87. The highest BCUT2D eigenvalue weighted by atomic mass is 15.1. The number of hydrogen-bond donors (Lipinski definition) is 2. The Hall–Kier alpha value is -2.30. The van der Waals surface area contributed by atoms with Gasteiger partial charge in [0.15, 0.2) is 0 Å². The largest absolute Gasteiger partial charge is 0.383 e. The molecule has 0 atom stereocenters. The number of anilines is 3. The molecule has 0 amide bonds. The van der Waals surface area contributed by atoms with Crippen molar-refractivity contribution in [3.05, 3.63) is 30.0 Å². The van der Waals surface area contributed by atoms with Gasteiger partial charge in [-0.05, 0) is 23.6 Å². The summed E-state index contributed by atoms with van der Waals surface area (Å²) in [5, 5.41) is 0. The van der Waals surface area contributed by atoms with Gasteiger partial charge in [0.1, 0.15) is 5.82 Å². The summed E-state index contributed by atoms with van der Waals surface area (Å²) in [6.07, 6.45) is 2.77. The first-order chi connectivity index (χ1) is 8.65. The normalized spacial score (nSPS) is 13.7. The zero-order valence-corrected chi connectivity index (χ0v) is 10.2. The molecule has 1 aliphatic rings. The van der Waals surface area contributed by atoms with E-state index in [1.54, 1.807) is 6.20 Å². The molecule has 0 radical (unpaired) electrons. The number of aromatic nitrogens is 2. The third-order valence-corrected chi connectivity index (χ3v) is 3.36. The molecule has 1 aliphatic heterocycles. The van der Waals surface area contributed by atoms with Crippen LogP contribution in [0.4, 0.5) is 17.5 Å². The lowest BCUT2D eigenvalue weighted by atomic mass is 10.0. The SMILES string of the molecule is CN1CCc2ccc(-c3cnc(N)nc3N)cc21. The van der Waals surface area contributed by atoms with E-state index in [9.17, 15) is 0 Å². The Balaban J connectivity index is 2.10. The van der Waals surface area contributed by atoms with Crippen LogP contribution in [0.25, 0.3) is 11.1 Å². The molecule has 0 saturated carbocycles. The minimum Gasteiger partial charge on any atom is -0.383 e. The van der Waals surface area contributed by atoms with Crippen LogP contribution in [0.3, 0.4) is 0 Å². The van der Waals surface area contributed by atoms with Crippen molar-refractivity contribution in [3.63, 3.8) is 0 Å². The fourth-order valence-electron chi connectivity index (χ4n) is 2.34. The molecule has 2 heterocycles. The Bertz CT molecular complexity index is 608. The second-order valence-corrected chi connectivity index (χ2v) is 4.54. The molecular formula is C13H15N5. The van der Waals surface area contributed by atoms with Gasteiger partial charge in [0.25, 0.3) is 0 Å². The van der Waals surface area contributed by atoms with Crippen LogP contribution in [-0.2, 0) is 6.42 Å². The predicted octanol–water partition coefficient (Wildman–Crippen LogP) is 1.30. The minimum atomic E-state index is 0.203. The third kappa shape index (κ3) is 1.64. The van der Waals surface area contributed by atoms with Crippen molar-refractivity contribution in [2.45, 2.75) is 6.42 Å². The number of hydrogen-bond acceptors (Lipinski definition) is 5. The van der Waals surface area contributed by atoms with Crippen molar-refractivity contribution >= 4 is 17.5 Å². The Morgan fingerprint density at radius 1 is 1.28 bits per heavy atom. The average molecular weight is 241 g/mol. The van der Waals surface area contributed by atoms with Crippen LogP contribution >= 0.6 is 0 Å². The molecule has 4 N–H and O–H groups in total. The number of nitrogen functional groups attached to an aromatic ring is 2. The topological polar surface area (TPSA) is 81.1 Å². The van der Waals surface area contributed by atoms with E-state index in [1.165, 1.54) is 11.3 Å². The van der Waals surface area contributed by atoms with Crippen molar-refractivity contribution in [1.29, 1.82) is 0 Å². The molecule has 2 aromatic rings. The second-order valence-electron chi connectivity index (χ2n) is 4.54. The summed E-state index contributed by atoms with van der Waals surface area (Å²) in [7, 11) is 2.10. The van der Waals surface area contributed by atoms with Crippen molar-refractivity contribution in [1.82, 2.24) is 9.97 Å². The zero-order chi connectivity index (χ0) is 12.7. The number of likely N-dealkylation sites (N-methyl/N-ethyl adjacent to an activating group) is 1. The molecular weight excluding hydrogens is 226 g/mol. The molecule has 0 bridgehead atoms. The molecule has 3 rings (SSSR count). The molecule has 0 fully saturated rings. The predicted molar refractivity (Wildman–Crippen MR) is 73.3 cm³/mol. The van der Waals surface area contributed by atoms with Gasteiger partial charge in [-0.1, -0.05) is 12.1 Å². The molecule has 1 aromatic heterocycles.